The third-order valence-electron chi connectivity index (χ3n) is 3.51. The van der Waals surface area contributed by atoms with Gasteiger partial charge >= 0.3 is 0 Å². The van der Waals surface area contributed by atoms with Crippen molar-refractivity contribution in [2.24, 2.45) is 0 Å². The van der Waals surface area contributed by atoms with Gasteiger partial charge in [-0.1, -0.05) is 12.1 Å². The van der Waals surface area contributed by atoms with Gasteiger partial charge in [-0.15, -0.1) is 11.3 Å². The van der Waals surface area contributed by atoms with Gasteiger partial charge in [0.05, 0.1) is 16.9 Å². The van der Waals surface area contributed by atoms with Crippen LogP contribution in [0.25, 0.3) is 0 Å². The normalized spacial score (nSPS) is 15.1. The topological polar surface area (TPSA) is 45.2 Å². The van der Waals surface area contributed by atoms with Crippen LogP contribution in [0.2, 0.25) is 0 Å². The third kappa shape index (κ3) is 2.82. The zero-order chi connectivity index (χ0) is 13.8. The van der Waals surface area contributed by atoms with E-state index in [9.17, 15) is 4.79 Å². The average Bonchev–Trinajstić information content (AvgIpc) is 3.03. The molecule has 4 nitrogen and oxygen atoms in total. The van der Waals surface area contributed by atoms with E-state index in [4.69, 9.17) is 0 Å². The molecule has 0 atom stereocenters. The fraction of sp³-hybridized carbons (Fsp3) is 0.333. The van der Waals surface area contributed by atoms with Gasteiger partial charge in [0.1, 0.15) is 5.69 Å². The minimum absolute atomic E-state index is 0.143. The number of para-hydroxylation sites is 2. The molecule has 0 aliphatic carbocycles. The number of benzene rings is 1. The zero-order valence-electron chi connectivity index (χ0n) is 11.2. The van der Waals surface area contributed by atoms with Crippen LogP contribution in [0, 0.1) is 0 Å². The summed E-state index contributed by atoms with van der Waals surface area (Å²) in [6.45, 7) is 2.12. The zero-order valence-corrected chi connectivity index (χ0v) is 12.0. The van der Waals surface area contributed by atoms with Crippen LogP contribution in [0.3, 0.4) is 0 Å². The summed E-state index contributed by atoms with van der Waals surface area (Å²) in [4.78, 5) is 18.5. The molecule has 104 valence electrons. The maximum Gasteiger partial charge on any atom is 0.275 e. The van der Waals surface area contributed by atoms with E-state index in [1.165, 1.54) is 30.6 Å². The van der Waals surface area contributed by atoms with Crippen molar-refractivity contribution in [1.82, 2.24) is 4.98 Å². The Labute approximate surface area is 122 Å². The van der Waals surface area contributed by atoms with Crippen LogP contribution in [0.1, 0.15) is 29.8 Å². The van der Waals surface area contributed by atoms with Crippen LogP contribution in [-0.2, 0) is 0 Å². The van der Waals surface area contributed by atoms with Gasteiger partial charge in [-0.2, -0.15) is 0 Å². The van der Waals surface area contributed by atoms with E-state index in [2.05, 4.69) is 21.3 Å². The van der Waals surface area contributed by atoms with E-state index in [-0.39, 0.29) is 5.91 Å². The average molecular weight is 287 g/mol. The highest BCUT2D eigenvalue weighted by Gasteiger charge is 2.16. The molecule has 0 bridgehead atoms. The molecule has 1 fully saturated rings. The molecule has 0 saturated carbocycles. The predicted octanol–water partition coefficient (Wildman–Crippen LogP) is 3.39. The fourth-order valence-corrected chi connectivity index (χ4v) is 3.03. The molecule has 2 heterocycles. The lowest BCUT2D eigenvalue weighted by Crippen LogP contribution is -2.30. The molecule has 0 unspecified atom stereocenters. The van der Waals surface area contributed by atoms with Crippen molar-refractivity contribution in [3.8, 4) is 0 Å². The third-order valence-corrected chi connectivity index (χ3v) is 4.10. The van der Waals surface area contributed by atoms with E-state index in [1.54, 1.807) is 10.9 Å². The first-order valence-electron chi connectivity index (χ1n) is 6.88. The van der Waals surface area contributed by atoms with Gasteiger partial charge < -0.3 is 10.2 Å². The Bertz CT molecular complexity index is 577. The molecule has 1 aromatic carbocycles. The van der Waals surface area contributed by atoms with E-state index >= 15 is 0 Å². The summed E-state index contributed by atoms with van der Waals surface area (Å²) in [6.07, 6.45) is 3.73. The van der Waals surface area contributed by atoms with E-state index in [1.807, 2.05) is 18.2 Å². The highest BCUT2D eigenvalue weighted by Crippen LogP contribution is 2.28. The second-order valence-electron chi connectivity index (χ2n) is 4.89. The number of nitrogens with one attached hydrogen (secondary N) is 1. The minimum Gasteiger partial charge on any atom is -0.370 e. The van der Waals surface area contributed by atoms with Crippen molar-refractivity contribution < 1.29 is 4.79 Å². The number of anilines is 2. The molecule has 0 radical (unpaired) electrons. The molecule has 5 heteroatoms. The highest BCUT2D eigenvalue weighted by atomic mass is 32.1. The van der Waals surface area contributed by atoms with Gasteiger partial charge in [0.15, 0.2) is 0 Å². The summed E-state index contributed by atoms with van der Waals surface area (Å²) in [5.74, 6) is -0.143. The lowest BCUT2D eigenvalue weighted by atomic mass is 10.1. The van der Waals surface area contributed by atoms with Crippen molar-refractivity contribution in [1.29, 1.82) is 0 Å². The van der Waals surface area contributed by atoms with E-state index in [0.29, 0.717) is 5.69 Å². The molecule has 1 aliphatic heterocycles. The van der Waals surface area contributed by atoms with Crippen LogP contribution in [0.15, 0.2) is 35.2 Å². The predicted molar refractivity (Wildman–Crippen MR) is 82.6 cm³/mol. The van der Waals surface area contributed by atoms with Crippen LogP contribution < -0.4 is 10.2 Å². The monoisotopic (exact) mass is 287 g/mol. The minimum atomic E-state index is -0.143. The molecule has 1 aliphatic rings. The summed E-state index contributed by atoms with van der Waals surface area (Å²) >= 11 is 1.43. The van der Waals surface area contributed by atoms with Crippen LogP contribution in [0.4, 0.5) is 11.4 Å². The second-order valence-corrected chi connectivity index (χ2v) is 5.61. The van der Waals surface area contributed by atoms with Crippen molar-refractivity contribution in [2.45, 2.75) is 19.3 Å². The first kappa shape index (κ1) is 13.1. The van der Waals surface area contributed by atoms with E-state index < -0.39 is 0 Å². The molecular formula is C15H17N3OS. The molecular weight excluding hydrogens is 270 g/mol. The number of amides is 1. The highest BCUT2D eigenvalue weighted by molar-refractivity contribution is 7.07. The molecule has 2 aromatic rings. The number of nitrogens with zero attached hydrogens (tertiary/aromatic N) is 2. The van der Waals surface area contributed by atoms with Crippen molar-refractivity contribution in [2.75, 3.05) is 23.3 Å². The van der Waals surface area contributed by atoms with Crippen molar-refractivity contribution in [3.63, 3.8) is 0 Å². The number of thiazole rings is 1. The number of hydrogen-bond acceptors (Lipinski definition) is 4. The smallest absolute Gasteiger partial charge is 0.275 e. The lowest BCUT2D eigenvalue weighted by molar-refractivity contribution is 0.102. The number of carbonyl (C=O) groups is 1. The standard InChI is InChI=1S/C15H17N3OS/c19-15(13-10-20-11-16-13)17-12-6-2-3-7-14(12)18-8-4-1-5-9-18/h2-3,6-7,10-11H,1,4-5,8-9H2,(H,17,19). The summed E-state index contributed by atoms with van der Waals surface area (Å²) in [6, 6.07) is 7.99. The van der Waals surface area contributed by atoms with Crippen molar-refractivity contribution in [3.05, 3.63) is 40.8 Å². The summed E-state index contributed by atoms with van der Waals surface area (Å²) in [5.41, 5.74) is 4.12. The number of rotatable bonds is 3. The van der Waals surface area contributed by atoms with Crippen LogP contribution in [-0.4, -0.2) is 24.0 Å². The second kappa shape index (κ2) is 6.05. The summed E-state index contributed by atoms with van der Waals surface area (Å²) in [7, 11) is 0. The Balaban J connectivity index is 1.80. The Morgan fingerprint density at radius 2 is 2.00 bits per heavy atom. The first-order chi connectivity index (χ1) is 9.84. The van der Waals surface area contributed by atoms with Gasteiger partial charge in [-0.3, -0.25) is 4.79 Å². The Morgan fingerprint density at radius 1 is 1.20 bits per heavy atom. The van der Waals surface area contributed by atoms with Gasteiger partial charge in [0, 0.05) is 18.5 Å². The Hall–Kier alpha value is -1.88. The number of aromatic nitrogens is 1. The number of hydrogen-bond donors (Lipinski definition) is 1. The SMILES string of the molecule is O=C(Nc1ccccc1N1CCCCC1)c1cscn1. The molecule has 1 aromatic heterocycles. The summed E-state index contributed by atoms with van der Waals surface area (Å²) < 4.78 is 0. The first-order valence-corrected chi connectivity index (χ1v) is 7.82. The van der Waals surface area contributed by atoms with E-state index in [0.717, 1.165) is 24.5 Å². The van der Waals surface area contributed by atoms with Crippen LogP contribution in [0.5, 0.6) is 0 Å². The molecule has 0 spiro atoms. The van der Waals surface area contributed by atoms with Crippen molar-refractivity contribution >= 4 is 28.6 Å². The largest absolute Gasteiger partial charge is 0.370 e. The van der Waals surface area contributed by atoms with Gasteiger partial charge in [0.2, 0.25) is 0 Å². The maximum atomic E-state index is 12.1. The molecule has 1 amide bonds. The Morgan fingerprint density at radius 3 is 2.75 bits per heavy atom. The number of piperidine rings is 1. The van der Waals surface area contributed by atoms with Gasteiger partial charge in [-0.05, 0) is 31.4 Å². The lowest BCUT2D eigenvalue weighted by Gasteiger charge is -2.30. The Kier molecular flexibility index (Phi) is 3.97. The molecule has 1 saturated heterocycles. The summed E-state index contributed by atoms with van der Waals surface area (Å²) in [5, 5.41) is 4.74. The molecule has 1 N–H and O–H groups in total. The van der Waals surface area contributed by atoms with Gasteiger partial charge in [0.25, 0.3) is 5.91 Å². The number of carbonyl (C=O) groups excluding carboxylic acids is 1. The maximum absolute atomic E-state index is 12.1. The molecule has 20 heavy (non-hydrogen) atoms. The fourth-order valence-electron chi connectivity index (χ4n) is 2.50. The quantitative estimate of drug-likeness (QED) is 0.941. The van der Waals surface area contributed by atoms with Gasteiger partial charge in [-0.25, -0.2) is 4.98 Å². The molecule has 3 rings (SSSR count). The van der Waals surface area contributed by atoms with Crippen LogP contribution >= 0.6 is 11.3 Å².